The fraction of sp³-hybridized carbons (Fsp3) is 0.611. The molecule has 0 N–H and O–H groups in total. The molecule has 0 bridgehead atoms. The van der Waals surface area contributed by atoms with Crippen molar-refractivity contribution >= 4 is 5.91 Å². The third kappa shape index (κ3) is 3.12. The van der Waals surface area contributed by atoms with Gasteiger partial charge in [0.05, 0.1) is 13.5 Å². The van der Waals surface area contributed by atoms with Crippen LogP contribution in [0.1, 0.15) is 31.2 Å². The van der Waals surface area contributed by atoms with Gasteiger partial charge in [-0.3, -0.25) is 4.79 Å². The summed E-state index contributed by atoms with van der Waals surface area (Å²) in [5, 5.41) is 0. The summed E-state index contributed by atoms with van der Waals surface area (Å²) in [6.45, 7) is 2.08. The molecule has 2 atom stereocenters. The van der Waals surface area contributed by atoms with Crippen molar-refractivity contribution in [1.29, 1.82) is 0 Å². The van der Waals surface area contributed by atoms with E-state index in [1.54, 1.807) is 7.11 Å². The van der Waals surface area contributed by atoms with E-state index >= 15 is 0 Å². The van der Waals surface area contributed by atoms with E-state index in [9.17, 15) is 4.79 Å². The Morgan fingerprint density at radius 3 is 2.73 bits per heavy atom. The number of methoxy groups -OCH3 is 1. The molecule has 0 unspecified atom stereocenters. The van der Waals surface area contributed by atoms with Crippen LogP contribution in [0.25, 0.3) is 0 Å². The number of nitrogens with zero attached hydrogens (tertiary/aromatic N) is 2. The molecule has 2 heterocycles. The molecule has 3 rings (SSSR count). The van der Waals surface area contributed by atoms with Crippen LogP contribution < -0.4 is 4.74 Å². The number of carbonyl (C=O) groups excluding carboxylic acids is 1. The highest BCUT2D eigenvalue weighted by Gasteiger charge is 2.38. The minimum atomic E-state index is 0.260. The number of amides is 1. The lowest BCUT2D eigenvalue weighted by molar-refractivity contribution is -0.132. The topological polar surface area (TPSA) is 32.8 Å². The summed E-state index contributed by atoms with van der Waals surface area (Å²) in [5.41, 5.74) is 1.04. The van der Waals surface area contributed by atoms with Crippen LogP contribution in [0.3, 0.4) is 0 Å². The highest BCUT2D eigenvalue weighted by atomic mass is 16.5. The number of hydrogen-bond acceptors (Lipinski definition) is 3. The smallest absolute Gasteiger partial charge is 0.227 e. The molecule has 2 saturated heterocycles. The summed E-state index contributed by atoms with van der Waals surface area (Å²) >= 11 is 0. The molecule has 1 aromatic rings. The molecular weight excluding hydrogens is 276 g/mol. The van der Waals surface area contributed by atoms with E-state index in [1.165, 1.54) is 19.4 Å². The van der Waals surface area contributed by atoms with Crippen molar-refractivity contribution in [1.82, 2.24) is 9.80 Å². The monoisotopic (exact) mass is 302 g/mol. The molecule has 2 aliphatic heterocycles. The second-order valence-corrected chi connectivity index (χ2v) is 6.52. The Labute approximate surface area is 133 Å². The Morgan fingerprint density at radius 1 is 1.23 bits per heavy atom. The van der Waals surface area contributed by atoms with Gasteiger partial charge in [-0.25, -0.2) is 0 Å². The predicted molar refractivity (Wildman–Crippen MR) is 87.1 cm³/mol. The van der Waals surface area contributed by atoms with Crippen LogP contribution in [-0.4, -0.2) is 55.0 Å². The molecular formula is C18H26N2O2. The zero-order valence-corrected chi connectivity index (χ0v) is 13.6. The molecule has 0 saturated carbocycles. The Bertz CT molecular complexity index is 532. The van der Waals surface area contributed by atoms with Crippen LogP contribution in [0.5, 0.6) is 5.75 Å². The number of likely N-dealkylation sites (tertiary alicyclic amines) is 2. The number of hydrogen-bond donors (Lipinski definition) is 0. The molecule has 2 aliphatic rings. The summed E-state index contributed by atoms with van der Waals surface area (Å²) in [5.74, 6) is 1.08. The average Bonchev–Trinajstić information content (AvgIpc) is 3.15. The van der Waals surface area contributed by atoms with Gasteiger partial charge in [0.15, 0.2) is 0 Å². The van der Waals surface area contributed by atoms with E-state index < -0.39 is 0 Å². The van der Waals surface area contributed by atoms with E-state index in [-0.39, 0.29) is 5.91 Å². The average molecular weight is 302 g/mol. The van der Waals surface area contributed by atoms with Crippen LogP contribution in [0.2, 0.25) is 0 Å². The van der Waals surface area contributed by atoms with Crippen LogP contribution in [0.15, 0.2) is 24.3 Å². The fourth-order valence-corrected chi connectivity index (χ4v) is 3.98. The lowest BCUT2D eigenvalue weighted by atomic mass is 10.0. The molecule has 1 aromatic carbocycles. The maximum Gasteiger partial charge on any atom is 0.227 e. The normalized spacial score (nSPS) is 25.6. The largest absolute Gasteiger partial charge is 0.497 e. The Hall–Kier alpha value is -1.55. The molecule has 2 fully saturated rings. The summed E-state index contributed by atoms with van der Waals surface area (Å²) in [7, 11) is 3.86. The van der Waals surface area contributed by atoms with Crippen molar-refractivity contribution in [3.8, 4) is 5.75 Å². The number of ether oxygens (including phenoxy) is 1. The first-order valence-corrected chi connectivity index (χ1v) is 8.31. The first kappa shape index (κ1) is 15.3. The van der Waals surface area contributed by atoms with Gasteiger partial charge in [0.1, 0.15) is 5.75 Å². The van der Waals surface area contributed by atoms with Crippen molar-refractivity contribution in [2.24, 2.45) is 0 Å². The molecule has 0 aromatic heterocycles. The van der Waals surface area contributed by atoms with Gasteiger partial charge in [-0.05, 0) is 57.0 Å². The number of carbonyl (C=O) groups is 1. The molecule has 22 heavy (non-hydrogen) atoms. The molecule has 0 aliphatic carbocycles. The van der Waals surface area contributed by atoms with Crippen molar-refractivity contribution in [3.05, 3.63) is 29.8 Å². The third-order valence-electron chi connectivity index (χ3n) is 5.13. The molecule has 120 valence electrons. The second kappa shape index (κ2) is 6.69. The van der Waals surface area contributed by atoms with Gasteiger partial charge in [0.2, 0.25) is 5.91 Å². The standard InChI is InChI=1S/C18H26N2O2/c1-19-10-4-8-16(19)17-9-5-11-20(17)18(21)13-14-6-3-7-15(12-14)22-2/h3,6-7,12,16-17H,4-5,8-11,13H2,1-2H3/t16-,17+/m0/s1. The molecule has 1 amide bonds. The quantitative estimate of drug-likeness (QED) is 0.856. The van der Waals surface area contributed by atoms with Gasteiger partial charge >= 0.3 is 0 Å². The van der Waals surface area contributed by atoms with Crippen molar-refractivity contribution in [3.63, 3.8) is 0 Å². The van der Waals surface area contributed by atoms with E-state index in [4.69, 9.17) is 4.74 Å². The lowest BCUT2D eigenvalue weighted by Gasteiger charge is -2.33. The number of benzene rings is 1. The third-order valence-corrected chi connectivity index (χ3v) is 5.13. The fourth-order valence-electron chi connectivity index (χ4n) is 3.98. The van der Waals surface area contributed by atoms with Gasteiger partial charge in [-0.1, -0.05) is 12.1 Å². The van der Waals surface area contributed by atoms with Crippen molar-refractivity contribution in [2.45, 2.75) is 44.2 Å². The molecule has 0 radical (unpaired) electrons. The van der Waals surface area contributed by atoms with E-state index in [2.05, 4.69) is 16.8 Å². The predicted octanol–water partition coefficient (Wildman–Crippen LogP) is 2.32. The minimum absolute atomic E-state index is 0.260. The van der Waals surface area contributed by atoms with Gasteiger partial charge in [0.25, 0.3) is 0 Å². The lowest BCUT2D eigenvalue weighted by Crippen LogP contribution is -2.47. The second-order valence-electron chi connectivity index (χ2n) is 6.52. The molecule has 4 heteroatoms. The first-order valence-electron chi connectivity index (χ1n) is 8.31. The van der Waals surface area contributed by atoms with Crippen LogP contribution in [0.4, 0.5) is 0 Å². The van der Waals surface area contributed by atoms with E-state index in [0.29, 0.717) is 18.5 Å². The highest BCUT2D eigenvalue weighted by molar-refractivity contribution is 5.79. The maximum atomic E-state index is 12.8. The zero-order valence-electron chi connectivity index (χ0n) is 13.6. The van der Waals surface area contributed by atoms with Crippen LogP contribution >= 0.6 is 0 Å². The highest BCUT2D eigenvalue weighted by Crippen LogP contribution is 2.29. The summed E-state index contributed by atoms with van der Waals surface area (Å²) in [6, 6.07) is 8.80. The minimum Gasteiger partial charge on any atom is -0.497 e. The molecule has 0 spiro atoms. The van der Waals surface area contributed by atoms with Crippen LogP contribution in [-0.2, 0) is 11.2 Å². The summed E-state index contributed by atoms with van der Waals surface area (Å²) in [6.07, 6.45) is 5.25. The van der Waals surface area contributed by atoms with Gasteiger partial charge in [0, 0.05) is 18.6 Å². The summed E-state index contributed by atoms with van der Waals surface area (Å²) < 4.78 is 5.25. The Morgan fingerprint density at radius 2 is 2.00 bits per heavy atom. The summed E-state index contributed by atoms with van der Waals surface area (Å²) in [4.78, 5) is 17.3. The maximum absolute atomic E-state index is 12.8. The van der Waals surface area contributed by atoms with Gasteiger partial charge in [-0.2, -0.15) is 0 Å². The van der Waals surface area contributed by atoms with Gasteiger partial charge < -0.3 is 14.5 Å². The number of likely N-dealkylation sites (N-methyl/N-ethyl adjacent to an activating group) is 1. The van der Waals surface area contributed by atoms with E-state index in [1.807, 2.05) is 24.3 Å². The van der Waals surface area contributed by atoms with Crippen molar-refractivity contribution < 1.29 is 9.53 Å². The Balaban J connectivity index is 1.68. The van der Waals surface area contributed by atoms with E-state index in [0.717, 1.165) is 30.7 Å². The van der Waals surface area contributed by atoms with Gasteiger partial charge in [-0.15, -0.1) is 0 Å². The SMILES string of the molecule is COc1cccc(CC(=O)N2CCC[C@@H]2[C@@H]2CCCN2C)c1. The Kier molecular flexibility index (Phi) is 4.67. The molecule has 4 nitrogen and oxygen atoms in total. The zero-order chi connectivity index (χ0) is 15.5. The van der Waals surface area contributed by atoms with Crippen molar-refractivity contribution in [2.75, 3.05) is 27.2 Å². The first-order chi connectivity index (χ1) is 10.7. The van der Waals surface area contributed by atoms with Crippen LogP contribution in [0, 0.1) is 0 Å². The number of rotatable bonds is 4.